The van der Waals surface area contributed by atoms with E-state index in [1.54, 1.807) is 7.11 Å². The number of hydrogen-bond acceptors (Lipinski definition) is 4. The molecule has 0 aliphatic carbocycles. The number of thiocarbonyl (C=S) groups is 1. The molecule has 1 aromatic carbocycles. The van der Waals surface area contributed by atoms with Gasteiger partial charge in [-0.05, 0) is 32.0 Å². The molecule has 0 unspecified atom stereocenters. The first-order chi connectivity index (χ1) is 9.63. The maximum atomic E-state index is 5.71. The van der Waals surface area contributed by atoms with E-state index in [1.165, 1.54) is 0 Å². The summed E-state index contributed by atoms with van der Waals surface area (Å²) in [6, 6.07) is 7.59. The third-order valence-corrected chi connectivity index (χ3v) is 3.20. The quantitative estimate of drug-likeness (QED) is 0.529. The van der Waals surface area contributed by atoms with Crippen LogP contribution in [0.25, 0.3) is 0 Å². The molecule has 0 aliphatic rings. The van der Waals surface area contributed by atoms with Crippen molar-refractivity contribution in [3.8, 4) is 5.75 Å². The van der Waals surface area contributed by atoms with Gasteiger partial charge >= 0.3 is 0 Å². The zero-order valence-corrected chi connectivity index (χ0v) is 13.1. The van der Waals surface area contributed by atoms with E-state index in [0.29, 0.717) is 11.6 Å². The average molecular weight is 296 g/mol. The molecule has 0 aromatic heterocycles. The topological polar surface area (TPSA) is 47.7 Å². The predicted molar refractivity (Wildman–Crippen MR) is 86.4 cm³/mol. The van der Waals surface area contributed by atoms with Gasteiger partial charge in [0.15, 0.2) is 0 Å². The van der Waals surface area contributed by atoms with Gasteiger partial charge in [0, 0.05) is 32.4 Å². The van der Waals surface area contributed by atoms with Crippen molar-refractivity contribution >= 4 is 17.2 Å². The Morgan fingerprint density at radius 1 is 1.25 bits per heavy atom. The molecular formula is C15H24N2O2S. The Bertz CT molecular complexity index is 413. The molecule has 0 atom stereocenters. The molecular weight excluding hydrogens is 272 g/mol. The molecule has 20 heavy (non-hydrogen) atoms. The average Bonchev–Trinajstić information content (AvgIpc) is 2.44. The van der Waals surface area contributed by atoms with Gasteiger partial charge < -0.3 is 20.1 Å². The summed E-state index contributed by atoms with van der Waals surface area (Å²) in [5.41, 5.74) is 6.44. The molecule has 0 aliphatic heterocycles. The Morgan fingerprint density at radius 2 is 1.95 bits per heavy atom. The minimum absolute atomic E-state index is 0.397. The molecule has 0 amide bonds. The van der Waals surface area contributed by atoms with Gasteiger partial charge in [0.05, 0.1) is 6.61 Å². The molecule has 0 bridgehead atoms. The van der Waals surface area contributed by atoms with Crippen LogP contribution in [0.2, 0.25) is 0 Å². The number of methoxy groups -OCH3 is 1. The zero-order valence-electron chi connectivity index (χ0n) is 12.3. The first-order valence-electron chi connectivity index (χ1n) is 6.83. The summed E-state index contributed by atoms with van der Waals surface area (Å²) in [4.78, 5) is 2.68. The molecule has 0 heterocycles. The molecule has 0 spiro atoms. The van der Waals surface area contributed by atoms with Crippen molar-refractivity contribution in [2.24, 2.45) is 5.73 Å². The molecule has 4 nitrogen and oxygen atoms in total. The van der Waals surface area contributed by atoms with Gasteiger partial charge in [-0.25, -0.2) is 0 Å². The highest BCUT2D eigenvalue weighted by molar-refractivity contribution is 7.80. The molecule has 2 N–H and O–H groups in total. The number of nitrogens with zero attached hydrogens (tertiary/aromatic N) is 1. The second-order valence-corrected chi connectivity index (χ2v) is 5.18. The Morgan fingerprint density at radius 3 is 2.60 bits per heavy atom. The lowest BCUT2D eigenvalue weighted by Gasteiger charge is -2.16. The molecule has 0 fully saturated rings. The smallest absolute Gasteiger partial charge is 0.119 e. The normalized spacial score (nSPS) is 10.8. The lowest BCUT2D eigenvalue weighted by molar-refractivity contribution is 0.176. The van der Waals surface area contributed by atoms with Crippen LogP contribution in [0.3, 0.4) is 0 Å². The fourth-order valence-electron chi connectivity index (χ4n) is 1.85. The highest BCUT2D eigenvalue weighted by atomic mass is 32.1. The Labute approximate surface area is 126 Å². The first kappa shape index (κ1) is 16.9. The lowest BCUT2D eigenvalue weighted by atomic mass is 10.2. The number of benzene rings is 1. The third kappa shape index (κ3) is 6.84. The van der Waals surface area contributed by atoms with E-state index in [9.17, 15) is 0 Å². The summed E-state index contributed by atoms with van der Waals surface area (Å²) >= 11 is 4.95. The van der Waals surface area contributed by atoms with Crippen LogP contribution in [0.15, 0.2) is 24.3 Å². The Hall–Kier alpha value is -1.17. The van der Waals surface area contributed by atoms with Crippen LogP contribution >= 0.6 is 12.2 Å². The van der Waals surface area contributed by atoms with Crippen molar-refractivity contribution in [3.05, 3.63) is 29.8 Å². The SMILES string of the molecule is COCCCN(C)CCCOc1cccc(C(N)=S)c1. The van der Waals surface area contributed by atoms with Gasteiger partial charge in [0.2, 0.25) is 0 Å². The second kappa shape index (κ2) is 9.69. The van der Waals surface area contributed by atoms with E-state index in [0.717, 1.165) is 43.9 Å². The van der Waals surface area contributed by atoms with Crippen molar-refractivity contribution in [1.82, 2.24) is 4.90 Å². The first-order valence-corrected chi connectivity index (χ1v) is 7.24. The van der Waals surface area contributed by atoms with E-state index < -0.39 is 0 Å². The van der Waals surface area contributed by atoms with Crippen LogP contribution < -0.4 is 10.5 Å². The lowest BCUT2D eigenvalue weighted by Crippen LogP contribution is -2.23. The Balaban J connectivity index is 2.20. The van der Waals surface area contributed by atoms with E-state index in [2.05, 4.69) is 11.9 Å². The van der Waals surface area contributed by atoms with E-state index >= 15 is 0 Å². The standard InChI is InChI=1S/C15H24N2O2S/c1-17(8-4-10-18-2)9-5-11-19-14-7-3-6-13(12-14)15(16)20/h3,6-7,12H,4-5,8-11H2,1-2H3,(H2,16,20). The molecule has 1 aromatic rings. The van der Waals surface area contributed by atoms with Crippen molar-refractivity contribution in [2.45, 2.75) is 12.8 Å². The minimum Gasteiger partial charge on any atom is -0.494 e. The summed E-state index contributed by atoms with van der Waals surface area (Å²) < 4.78 is 10.7. The van der Waals surface area contributed by atoms with Crippen LogP contribution in [0.5, 0.6) is 5.75 Å². The molecule has 0 saturated heterocycles. The molecule has 1 rings (SSSR count). The largest absolute Gasteiger partial charge is 0.494 e. The maximum Gasteiger partial charge on any atom is 0.119 e. The highest BCUT2D eigenvalue weighted by Gasteiger charge is 2.01. The van der Waals surface area contributed by atoms with Gasteiger partial charge in [0.1, 0.15) is 10.7 Å². The van der Waals surface area contributed by atoms with Crippen LogP contribution in [0.1, 0.15) is 18.4 Å². The molecule has 112 valence electrons. The summed E-state index contributed by atoms with van der Waals surface area (Å²) in [6.45, 7) is 3.56. The molecule has 0 saturated carbocycles. The monoisotopic (exact) mass is 296 g/mol. The van der Waals surface area contributed by atoms with E-state index in [1.807, 2.05) is 24.3 Å². The second-order valence-electron chi connectivity index (χ2n) is 4.74. The van der Waals surface area contributed by atoms with Gasteiger partial charge in [-0.2, -0.15) is 0 Å². The maximum absolute atomic E-state index is 5.71. The summed E-state index contributed by atoms with van der Waals surface area (Å²) in [6.07, 6.45) is 2.05. The number of ether oxygens (including phenoxy) is 2. The summed E-state index contributed by atoms with van der Waals surface area (Å²) in [5, 5.41) is 0. The summed E-state index contributed by atoms with van der Waals surface area (Å²) in [5.74, 6) is 0.817. The van der Waals surface area contributed by atoms with Gasteiger partial charge in [-0.3, -0.25) is 0 Å². The predicted octanol–water partition coefficient (Wildman–Crippen LogP) is 2.06. The van der Waals surface area contributed by atoms with Crippen LogP contribution in [-0.2, 0) is 4.74 Å². The Kier molecular flexibility index (Phi) is 8.18. The summed E-state index contributed by atoms with van der Waals surface area (Å²) in [7, 11) is 3.85. The third-order valence-electron chi connectivity index (χ3n) is 2.96. The van der Waals surface area contributed by atoms with E-state index in [-0.39, 0.29) is 0 Å². The minimum atomic E-state index is 0.397. The van der Waals surface area contributed by atoms with E-state index in [4.69, 9.17) is 27.4 Å². The molecule has 5 heteroatoms. The fourth-order valence-corrected chi connectivity index (χ4v) is 1.98. The van der Waals surface area contributed by atoms with Crippen molar-refractivity contribution in [2.75, 3.05) is 40.5 Å². The number of hydrogen-bond donors (Lipinski definition) is 1. The number of nitrogens with two attached hydrogens (primary N) is 1. The van der Waals surface area contributed by atoms with Crippen LogP contribution in [0.4, 0.5) is 0 Å². The van der Waals surface area contributed by atoms with Crippen molar-refractivity contribution in [1.29, 1.82) is 0 Å². The van der Waals surface area contributed by atoms with Crippen LogP contribution in [-0.4, -0.2) is 50.3 Å². The van der Waals surface area contributed by atoms with Crippen LogP contribution in [0, 0.1) is 0 Å². The number of rotatable bonds is 10. The zero-order chi connectivity index (χ0) is 14.8. The van der Waals surface area contributed by atoms with Crippen molar-refractivity contribution in [3.63, 3.8) is 0 Å². The fraction of sp³-hybridized carbons (Fsp3) is 0.533. The molecule has 0 radical (unpaired) electrons. The van der Waals surface area contributed by atoms with Gasteiger partial charge in [-0.15, -0.1) is 0 Å². The van der Waals surface area contributed by atoms with Gasteiger partial charge in [-0.1, -0.05) is 24.4 Å². The van der Waals surface area contributed by atoms with Crippen molar-refractivity contribution < 1.29 is 9.47 Å². The highest BCUT2D eigenvalue weighted by Crippen LogP contribution is 2.13. The van der Waals surface area contributed by atoms with Gasteiger partial charge in [0.25, 0.3) is 0 Å².